The Morgan fingerprint density at radius 3 is 2.29 bits per heavy atom. The van der Waals surface area contributed by atoms with E-state index >= 15 is 0 Å². The van der Waals surface area contributed by atoms with Crippen molar-refractivity contribution < 1.29 is 29.0 Å². The molecule has 0 unspecified atom stereocenters. The first-order valence-electron chi connectivity index (χ1n) is 16.6. The van der Waals surface area contributed by atoms with Crippen molar-refractivity contribution in [2.75, 3.05) is 25.2 Å². The zero-order valence-electron chi connectivity index (χ0n) is 28.3. The molecule has 0 aliphatic carbocycles. The second-order valence-corrected chi connectivity index (χ2v) is 17.4. The lowest BCUT2D eigenvalue weighted by molar-refractivity contribution is -0.150. The monoisotopic (exact) mass is 681 g/mol. The van der Waals surface area contributed by atoms with Crippen molar-refractivity contribution in [3.05, 3.63) is 124 Å². The lowest BCUT2D eigenvalue weighted by Gasteiger charge is -2.32. The van der Waals surface area contributed by atoms with Gasteiger partial charge in [-0.1, -0.05) is 67.6 Å². The molecule has 1 fully saturated rings. The Morgan fingerprint density at radius 2 is 1.65 bits per heavy atom. The summed E-state index contributed by atoms with van der Waals surface area (Å²) in [5.74, 6) is -0.844. The number of hydrogen-bond donors (Lipinski definition) is 2. The van der Waals surface area contributed by atoms with Crippen molar-refractivity contribution in [1.82, 2.24) is 9.47 Å². The highest BCUT2D eigenvalue weighted by Crippen LogP contribution is 2.60. The molecule has 0 saturated carbocycles. The maximum atomic E-state index is 14.9. The molecule has 0 radical (unpaired) electrons. The fourth-order valence-electron chi connectivity index (χ4n) is 7.69. The summed E-state index contributed by atoms with van der Waals surface area (Å²) in [5, 5.41) is 9.84. The van der Waals surface area contributed by atoms with E-state index in [0.717, 1.165) is 11.1 Å². The van der Waals surface area contributed by atoms with E-state index in [1.165, 1.54) is 11.7 Å². The summed E-state index contributed by atoms with van der Waals surface area (Å²) in [6.45, 7) is 6.09. The summed E-state index contributed by atoms with van der Waals surface area (Å²) in [6, 6.07) is 28.0. The van der Waals surface area contributed by atoms with Gasteiger partial charge in [-0.25, -0.2) is 0 Å². The van der Waals surface area contributed by atoms with Crippen LogP contribution in [0.4, 0.5) is 5.69 Å². The normalized spacial score (nSPS) is 21.6. The molecular formula is C38H43N3O7Si. The molecule has 6 rings (SSSR count). The molecular weight excluding hydrogens is 639 g/mol. The van der Waals surface area contributed by atoms with Gasteiger partial charge < -0.3 is 29.2 Å². The highest BCUT2D eigenvalue weighted by Gasteiger charge is 2.66. The number of aliphatic hydroxyl groups is 1. The van der Waals surface area contributed by atoms with Gasteiger partial charge >= 0.3 is 0 Å². The van der Waals surface area contributed by atoms with Crippen molar-refractivity contribution in [1.29, 1.82) is 0 Å². The highest BCUT2D eigenvalue weighted by molar-refractivity contribution is 6.71. The van der Waals surface area contributed by atoms with Gasteiger partial charge in [0.1, 0.15) is 0 Å². The fourth-order valence-corrected chi connectivity index (χ4v) is 10.2. The van der Waals surface area contributed by atoms with E-state index in [-0.39, 0.29) is 42.7 Å². The predicted octanol–water partition coefficient (Wildman–Crippen LogP) is 4.60. The molecule has 0 bridgehead atoms. The highest BCUT2D eigenvalue weighted by atomic mass is 28.4. The number of ether oxygens (including phenoxy) is 2. The van der Waals surface area contributed by atoms with E-state index in [2.05, 4.69) is 0 Å². The van der Waals surface area contributed by atoms with E-state index in [0.29, 0.717) is 30.0 Å². The maximum absolute atomic E-state index is 14.9. The molecule has 4 atom stereocenters. The average Bonchev–Trinajstić information content (AvgIpc) is 3.51. The van der Waals surface area contributed by atoms with E-state index in [1.54, 1.807) is 34.2 Å². The topological polar surface area (TPSA) is 122 Å². The molecule has 2 aliphatic rings. The van der Waals surface area contributed by atoms with Crippen LogP contribution in [0.1, 0.15) is 30.0 Å². The van der Waals surface area contributed by atoms with Gasteiger partial charge in [0.2, 0.25) is 5.91 Å². The van der Waals surface area contributed by atoms with Gasteiger partial charge in [0.25, 0.3) is 11.5 Å². The summed E-state index contributed by atoms with van der Waals surface area (Å²) in [7, 11) is -1.63. The van der Waals surface area contributed by atoms with Gasteiger partial charge in [-0.2, -0.15) is 0 Å². The standard InChI is InChI=1S/C38H43N3O7Si/c1-26-35(49(3,4)46)33(23-34(43)39(20-21-42)24-27-12-7-5-8-13-27)48-38(26)30-22-29(40-19-11-16-32(47-2)36(40)44)17-18-31(30)41(37(38)45)25-28-14-9-6-10-15-28/h5-19,22,26,33,35,42,46H,20-21,23-25H2,1-4H3/t26-,33+,35-,38+/m0/s1. The van der Waals surface area contributed by atoms with Gasteiger partial charge in [0.15, 0.2) is 19.7 Å². The lowest BCUT2D eigenvalue weighted by Crippen LogP contribution is -2.46. The Morgan fingerprint density at radius 1 is 0.980 bits per heavy atom. The smallest absolute Gasteiger partial charge is 0.297 e. The number of aromatic nitrogens is 1. The Bertz CT molecular complexity index is 1880. The molecule has 10 nitrogen and oxygen atoms in total. The molecule has 3 heterocycles. The second-order valence-electron chi connectivity index (χ2n) is 13.4. The van der Waals surface area contributed by atoms with Crippen LogP contribution < -0.4 is 15.2 Å². The molecule has 49 heavy (non-hydrogen) atoms. The Kier molecular flexibility index (Phi) is 9.63. The third kappa shape index (κ3) is 6.35. The molecule has 1 spiro atoms. The van der Waals surface area contributed by atoms with Crippen LogP contribution in [0.3, 0.4) is 0 Å². The summed E-state index contributed by atoms with van der Waals surface area (Å²) in [6.07, 6.45) is 0.798. The number of anilines is 1. The number of amides is 2. The number of benzene rings is 3. The van der Waals surface area contributed by atoms with Crippen molar-refractivity contribution in [2.45, 2.75) is 56.8 Å². The molecule has 1 saturated heterocycles. The SMILES string of the molecule is COc1cccn(-c2ccc3c(c2)[C@@]2(O[C@H](CC(=O)N(CCO)Cc4ccccc4)[C@@H]([Si](C)(C)O)[C@@H]2C)C(=O)N3Cc2ccccc2)c1=O. The number of methoxy groups -OCH3 is 1. The molecule has 256 valence electrons. The summed E-state index contributed by atoms with van der Waals surface area (Å²) in [4.78, 5) is 57.2. The third-order valence-corrected chi connectivity index (χ3v) is 12.4. The van der Waals surface area contributed by atoms with Gasteiger partial charge in [0.05, 0.1) is 38.5 Å². The molecule has 2 aliphatic heterocycles. The molecule has 1 aromatic heterocycles. The van der Waals surface area contributed by atoms with Crippen LogP contribution in [0.15, 0.2) is 102 Å². The summed E-state index contributed by atoms with van der Waals surface area (Å²) >= 11 is 0. The second kappa shape index (κ2) is 13.8. The first-order chi connectivity index (χ1) is 23.5. The zero-order chi connectivity index (χ0) is 34.9. The quantitative estimate of drug-likeness (QED) is 0.222. The largest absolute Gasteiger partial charge is 0.491 e. The molecule has 11 heteroatoms. The molecule has 3 aromatic carbocycles. The van der Waals surface area contributed by atoms with Crippen LogP contribution in [0.5, 0.6) is 5.75 Å². The average molecular weight is 682 g/mol. The minimum Gasteiger partial charge on any atom is -0.491 e. The van der Waals surface area contributed by atoms with Crippen molar-refractivity contribution >= 4 is 25.8 Å². The summed E-state index contributed by atoms with van der Waals surface area (Å²) < 4.78 is 13.7. The molecule has 2 N–H and O–H groups in total. The fraction of sp³-hybridized carbons (Fsp3) is 0.342. The van der Waals surface area contributed by atoms with E-state index in [9.17, 15) is 24.3 Å². The van der Waals surface area contributed by atoms with E-state index in [1.807, 2.05) is 92.8 Å². The predicted molar refractivity (Wildman–Crippen MR) is 189 cm³/mol. The van der Waals surface area contributed by atoms with Gasteiger partial charge in [-0.05, 0) is 54.6 Å². The number of carbonyl (C=O) groups is 2. The third-order valence-electron chi connectivity index (χ3n) is 9.88. The van der Waals surface area contributed by atoms with Crippen LogP contribution in [0.25, 0.3) is 5.69 Å². The van der Waals surface area contributed by atoms with Crippen LogP contribution in [0.2, 0.25) is 18.6 Å². The van der Waals surface area contributed by atoms with Crippen LogP contribution >= 0.6 is 0 Å². The number of pyridine rings is 1. The van der Waals surface area contributed by atoms with E-state index in [4.69, 9.17) is 9.47 Å². The first kappa shape index (κ1) is 34.3. The van der Waals surface area contributed by atoms with Gasteiger partial charge in [0, 0.05) is 42.0 Å². The van der Waals surface area contributed by atoms with Crippen molar-refractivity contribution in [2.24, 2.45) is 5.92 Å². The number of carbonyl (C=O) groups excluding carboxylic acids is 2. The number of hydrogen-bond acceptors (Lipinski definition) is 7. The Hall–Kier alpha value is -4.55. The minimum absolute atomic E-state index is 0.0725. The molecule has 4 aromatic rings. The summed E-state index contributed by atoms with van der Waals surface area (Å²) in [5.41, 5.74) is 1.26. The van der Waals surface area contributed by atoms with E-state index < -0.39 is 31.5 Å². The molecule has 2 amide bonds. The van der Waals surface area contributed by atoms with Crippen LogP contribution in [-0.2, 0) is 33.0 Å². The van der Waals surface area contributed by atoms with Crippen LogP contribution in [0, 0.1) is 5.92 Å². The van der Waals surface area contributed by atoms with Crippen LogP contribution in [-0.4, -0.2) is 65.9 Å². The lowest BCUT2D eigenvalue weighted by atomic mass is 9.82. The number of rotatable bonds is 11. The number of nitrogens with zero attached hydrogens (tertiary/aromatic N) is 3. The first-order valence-corrected chi connectivity index (χ1v) is 19.6. The van der Waals surface area contributed by atoms with Crippen molar-refractivity contribution in [3.63, 3.8) is 0 Å². The Labute approximate surface area is 287 Å². The van der Waals surface area contributed by atoms with Crippen molar-refractivity contribution in [3.8, 4) is 11.4 Å². The number of fused-ring (bicyclic) bond motifs is 2. The maximum Gasteiger partial charge on any atom is 0.297 e. The van der Waals surface area contributed by atoms with Gasteiger partial charge in [-0.15, -0.1) is 0 Å². The Balaban J connectivity index is 1.44. The minimum atomic E-state index is -3.07. The van der Waals surface area contributed by atoms with Gasteiger partial charge in [-0.3, -0.25) is 19.0 Å². The zero-order valence-corrected chi connectivity index (χ0v) is 29.3. The number of aliphatic hydroxyl groups excluding tert-OH is 1.